The molecule has 1 unspecified atom stereocenters. The highest BCUT2D eigenvalue weighted by molar-refractivity contribution is 6.01. The molecule has 0 spiro atoms. The van der Waals surface area contributed by atoms with Crippen molar-refractivity contribution in [2.75, 3.05) is 19.8 Å². The molecule has 178 valence electrons. The molecule has 0 amide bonds. The van der Waals surface area contributed by atoms with Gasteiger partial charge in [0.1, 0.15) is 36.2 Å². The Kier molecular flexibility index (Phi) is 9.49. The minimum absolute atomic E-state index is 0.177. The summed E-state index contributed by atoms with van der Waals surface area (Å²) in [4.78, 5) is 16.7. The second kappa shape index (κ2) is 13.0. The van der Waals surface area contributed by atoms with Crippen LogP contribution in [0.4, 0.5) is 0 Å². The van der Waals surface area contributed by atoms with Crippen LogP contribution in [0.1, 0.15) is 25.0 Å². The van der Waals surface area contributed by atoms with Gasteiger partial charge in [-0.05, 0) is 67.9 Å². The monoisotopic (exact) mass is 463 g/mol. The Bertz CT molecular complexity index is 1070. The molecular weight excluding hydrogens is 434 g/mol. The Morgan fingerprint density at radius 3 is 2.26 bits per heavy atom. The Hall–Kier alpha value is -3.84. The van der Waals surface area contributed by atoms with Crippen LogP contribution in [0.15, 0.2) is 84.0 Å². The van der Waals surface area contributed by atoms with Crippen LogP contribution in [0.2, 0.25) is 0 Å². The topological polar surface area (TPSA) is 86.6 Å². The Morgan fingerprint density at radius 1 is 0.882 bits per heavy atom. The van der Waals surface area contributed by atoms with E-state index in [0.717, 1.165) is 16.9 Å². The van der Waals surface area contributed by atoms with Crippen LogP contribution in [0, 0.1) is 0 Å². The minimum Gasteiger partial charge on any atom is -0.487 e. The molecule has 3 aromatic carbocycles. The van der Waals surface area contributed by atoms with E-state index in [-0.39, 0.29) is 13.0 Å². The van der Waals surface area contributed by atoms with Crippen molar-refractivity contribution in [2.24, 2.45) is 5.16 Å². The SMILES string of the molecule is CCO/N=C(\COc1cccc(CC(OCC)C(=O)O)c1)c1ccc(Oc2ccccc2)cc1. The molecule has 0 fully saturated rings. The minimum atomic E-state index is -0.987. The maximum absolute atomic E-state index is 11.4. The molecular formula is C27H29NO6. The third kappa shape index (κ3) is 7.64. The normalized spacial score (nSPS) is 12.1. The molecule has 0 saturated carbocycles. The van der Waals surface area contributed by atoms with Crippen LogP contribution < -0.4 is 9.47 Å². The van der Waals surface area contributed by atoms with Gasteiger partial charge >= 0.3 is 5.97 Å². The van der Waals surface area contributed by atoms with Crippen molar-refractivity contribution in [3.8, 4) is 17.2 Å². The summed E-state index contributed by atoms with van der Waals surface area (Å²) < 4.78 is 17.1. The van der Waals surface area contributed by atoms with E-state index in [9.17, 15) is 9.90 Å². The van der Waals surface area contributed by atoms with Gasteiger partial charge in [-0.15, -0.1) is 0 Å². The second-order valence-corrected chi connectivity index (χ2v) is 7.32. The van der Waals surface area contributed by atoms with E-state index in [2.05, 4.69) is 5.16 Å². The molecule has 7 heteroatoms. The predicted molar refractivity (Wildman–Crippen MR) is 130 cm³/mol. The van der Waals surface area contributed by atoms with Gasteiger partial charge in [-0.2, -0.15) is 0 Å². The molecule has 1 atom stereocenters. The molecule has 34 heavy (non-hydrogen) atoms. The Morgan fingerprint density at radius 2 is 1.59 bits per heavy atom. The lowest BCUT2D eigenvalue weighted by Gasteiger charge is -2.14. The number of aliphatic carboxylic acids is 1. The predicted octanol–water partition coefficient (Wildman–Crippen LogP) is 5.33. The standard InChI is InChI=1S/C27H29NO6/c1-3-31-26(27(29)30)18-20-9-8-12-24(17-20)32-19-25(28-33-4-2)21-13-15-23(16-14-21)34-22-10-6-5-7-11-22/h5-17,26H,3-4,18-19H2,1-2H3,(H,29,30)/b28-25+. The summed E-state index contributed by atoms with van der Waals surface area (Å²) in [6.07, 6.45) is -0.643. The van der Waals surface area contributed by atoms with Crippen molar-refractivity contribution < 1.29 is 28.9 Å². The first-order chi connectivity index (χ1) is 16.6. The first kappa shape index (κ1) is 24.8. The molecule has 0 aliphatic rings. The van der Waals surface area contributed by atoms with Crippen LogP contribution >= 0.6 is 0 Å². The van der Waals surface area contributed by atoms with Crippen LogP contribution in [0.25, 0.3) is 0 Å². The van der Waals surface area contributed by atoms with Gasteiger partial charge in [-0.25, -0.2) is 4.79 Å². The number of hydrogen-bond donors (Lipinski definition) is 1. The van der Waals surface area contributed by atoms with E-state index in [1.807, 2.05) is 85.8 Å². The highest BCUT2D eigenvalue weighted by Crippen LogP contribution is 2.22. The van der Waals surface area contributed by atoms with Crippen molar-refractivity contribution in [3.63, 3.8) is 0 Å². The fourth-order valence-electron chi connectivity index (χ4n) is 3.19. The summed E-state index contributed by atoms with van der Waals surface area (Å²) >= 11 is 0. The zero-order valence-electron chi connectivity index (χ0n) is 19.3. The summed E-state index contributed by atoms with van der Waals surface area (Å²) in [6.45, 7) is 4.58. The number of nitrogens with zero attached hydrogens (tertiary/aromatic N) is 1. The van der Waals surface area contributed by atoms with Crippen molar-refractivity contribution in [1.29, 1.82) is 0 Å². The largest absolute Gasteiger partial charge is 0.487 e. The molecule has 7 nitrogen and oxygen atoms in total. The zero-order chi connectivity index (χ0) is 24.2. The number of rotatable bonds is 13. The number of carboxylic acids is 1. The van der Waals surface area contributed by atoms with Crippen molar-refractivity contribution in [1.82, 2.24) is 0 Å². The third-order valence-electron chi connectivity index (χ3n) is 4.81. The number of carboxylic acid groups (broad SMARTS) is 1. The maximum atomic E-state index is 11.4. The first-order valence-electron chi connectivity index (χ1n) is 11.2. The summed E-state index contributed by atoms with van der Waals surface area (Å²) in [7, 11) is 0. The Balaban J connectivity index is 1.67. The van der Waals surface area contributed by atoms with Gasteiger partial charge in [0.25, 0.3) is 0 Å². The van der Waals surface area contributed by atoms with Crippen molar-refractivity contribution in [2.45, 2.75) is 26.4 Å². The van der Waals surface area contributed by atoms with Crippen LogP contribution in [-0.4, -0.2) is 42.7 Å². The lowest BCUT2D eigenvalue weighted by atomic mass is 10.1. The zero-order valence-corrected chi connectivity index (χ0v) is 19.3. The average Bonchev–Trinajstić information content (AvgIpc) is 2.85. The van der Waals surface area contributed by atoms with E-state index in [0.29, 0.717) is 30.4 Å². The van der Waals surface area contributed by atoms with Gasteiger partial charge in [0.15, 0.2) is 6.10 Å². The second-order valence-electron chi connectivity index (χ2n) is 7.32. The van der Waals surface area contributed by atoms with E-state index in [1.165, 1.54) is 0 Å². The van der Waals surface area contributed by atoms with E-state index >= 15 is 0 Å². The molecule has 1 N–H and O–H groups in total. The smallest absolute Gasteiger partial charge is 0.333 e. The van der Waals surface area contributed by atoms with Crippen molar-refractivity contribution >= 4 is 11.7 Å². The third-order valence-corrected chi connectivity index (χ3v) is 4.81. The highest BCUT2D eigenvalue weighted by Gasteiger charge is 2.18. The molecule has 0 bridgehead atoms. The van der Waals surface area contributed by atoms with E-state index in [1.54, 1.807) is 6.92 Å². The lowest BCUT2D eigenvalue weighted by molar-refractivity contribution is -0.149. The number of ether oxygens (including phenoxy) is 3. The molecule has 0 aliphatic carbocycles. The summed E-state index contributed by atoms with van der Waals surface area (Å²) in [5, 5.41) is 13.5. The summed E-state index contributed by atoms with van der Waals surface area (Å²) in [5.74, 6) is 1.09. The van der Waals surface area contributed by atoms with Crippen LogP contribution in [0.3, 0.4) is 0 Å². The number of carbonyl (C=O) groups is 1. The molecule has 3 rings (SSSR count). The van der Waals surface area contributed by atoms with E-state index < -0.39 is 12.1 Å². The first-order valence-corrected chi connectivity index (χ1v) is 11.2. The quantitative estimate of drug-likeness (QED) is 0.272. The fraction of sp³-hybridized carbons (Fsp3) is 0.259. The number of hydrogen-bond acceptors (Lipinski definition) is 6. The maximum Gasteiger partial charge on any atom is 0.333 e. The van der Waals surface area contributed by atoms with Gasteiger partial charge in [-0.3, -0.25) is 0 Å². The summed E-state index contributed by atoms with van der Waals surface area (Å²) in [5.41, 5.74) is 2.27. The molecule has 0 heterocycles. The molecule has 0 radical (unpaired) electrons. The summed E-state index contributed by atoms with van der Waals surface area (Å²) in [6, 6.07) is 24.4. The molecule has 0 aliphatic heterocycles. The van der Waals surface area contributed by atoms with Crippen molar-refractivity contribution in [3.05, 3.63) is 90.0 Å². The van der Waals surface area contributed by atoms with Crippen LogP contribution in [0.5, 0.6) is 17.2 Å². The van der Waals surface area contributed by atoms with Gasteiger partial charge in [0, 0.05) is 18.6 Å². The van der Waals surface area contributed by atoms with Gasteiger partial charge in [-0.1, -0.05) is 35.5 Å². The fourth-order valence-corrected chi connectivity index (χ4v) is 3.19. The van der Waals surface area contributed by atoms with Crippen LogP contribution in [-0.2, 0) is 20.8 Å². The number of benzene rings is 3. The Labute approximate surface area is 199 Å². The number of para-hydroxylation sites is 1. The lowest BCUT2D eigenvalue weighted by Crippen LogP contribution is -2.26. The molecule has 3 aromatic rings. The van der Waals surface area contributed by atoms with E-state index in [4.69, 9.17) is 19.0 Å². The average molecular weight is 464 g/mol. The molecule has 0 aromatic heterocycles. The highest BCUT2D eigenvalue weighted by atomic mass is 16.6. The molecule has 0 saturated heterocycles. The van der Waals surface area contributed by atoms with Gasteiger partial charge in [0.05, 0.1) is 0 Å². The van der Waals surface area contributed by atoms with Gasteiger partial charge in [0.2, 0.25) is 0 Å². The number of oxime groups is 1. The van der Waals surface area contributed by atoms with Gasteiger partial charge < -0.3 is 24.2 Å².